The number of hydrogen-bond donors (Lipinski definition) is 1. The first kappa shape index (κ1) is 24.4. The van der Waals surface area contributed by atoms with E-state index in [-0.39, 0.29) is 55.6 Å². The molecule has 0 aliphatic carbocycles. The number of ether oxygens (including phenoxy) is 2. The molecule has 0 bridgehead atoms. The molecule has 0 fully saturated rings. The number of fused-ring (bicyclic) bond motifs is 1. The molecule has 1 aliphatic rings. The lowest BCUT2D eigenvalue weighted by Crippen LogP contribution is -2.30. The quantitative estimate of drug-likeness (QED) is 0.356. The van der Waals surface area contributed by atoms with Crippen LogP contribution in [0.3, 0.4) is 0 Å². The average molecular weight is 522 g/mol. The fourth-order valence-electron chi connectivity index (χ4n) is 3.75. The molecule has 1 aliphatic heterocycles. The van der Waals surface area contributed by atoms with Gasteiger partial charge in [-0.3, -0.25) is 9.59 Å². The molecule has 0 spiro atoms. The lowest BCUT2D eigenvalue weighted by Gasteiger charge is -2.22. The van der Waals surface area contributed by atoms with Crippen LogP contribution in [0.4, 0.5) is 8.78 Å². The molecule has 5 rings (SSSR count). The standard InChI is InChI=1S/C27H21F2N3O4S/c28-20-6-1-17(2-7-20)12-30-26(33)22-15-37-25(31-22)14-32(13-18-3-8-21(29)9-4-18)27(34)19-5-10-23-24(11-19)36-16-35-23/h1-11,15H,12-14,16H2,(H,30,33). The van der Waals surface area contributed by atoms with E-state index in [0.717, 1.165) is 11.1 Å². The Balaban J connectivity index is 1.31. The number of halogens is 2. The third-order valence-corrected chi connectivity index (χ3v) is 6.50. The van der Waals surface area contributed by atoms with Crippen molar-refractivity contribution in [2.24, 2.45) is 0 Å². The molecule has 0 saturated heterocycles. The first-order valence-electron chi connectivity index (χ1n) is 11.3. The lowest BCUT2D eigenvalue weighted by atomic mass is 10.1. The zero-order valence-electron chi connectivity index (χ0n) is 19.4. The summed E-state index contributed by atoms with van der Waals surface area (Å²) in [6.45, 7) is 0.669. The first-order valence-corrected chi connectivity index (χ1v) is 12.2. The van der Waals surface area contributed by atoms with E-state index in [1.807, 2.05) is 0 Å². The molecular weight excluding hydrogens is 500 g/mol. The van der Waals surface area contributed by atoms with Crippen molar-refractivity contribution in [1.82, 2.24) is 15.2 Å². The van der Waals surface area contributed by atoms with E-state index in [1.165, 1.54) is 35.6 Å². The fraction of sp³-hybridized carbons (Fsp3) is 0.148. The van der Waals surface area contributed by atoms with E-state index in [2.05, 4.69) is 10.3 Å². The van der Waals surface area contributed by atoms with Gasteiger partial charge in [-0.1, -0.05) is 24.3 Å². The highest BCUT2D eigenvalue weighted by atomic mass is 32.1. The summed E-state index contributed by atoms with van der Waals surface area (Å²) >= 11 is 1.26. The first-order chi connectivity index (χ1) is 17.9. The van der Waals surface area contributed by atoms with Crippen molar-refractivity contribution >= 4 is 23.2 Å². The summed E-state index contributed by atoms with van der Waals surface area (Å²) in [6.07, 6.45) is 0. The number of nitrogens with one attached hydrogen (secondary N) is 1. The Morgan fingerprint density at radius 3 is 2.30 bits per heavy atom. The summed E-state index contributed by atoms with van der Waals surface area (Å²) in [5.41, 5.74) is 2.12. The van der Waals surface area contributed by atoms with Gasteiger partial charge in [-0.15, -0.1) is 11.3 Å². The average Bonchev–Trinajstić information content (AvgIpc) is 3.58. The molecule has 2 amide bonds. The molecule has 0 atom stereocenters. The Hall–Kier alpha value is -4.31. The van der Waals surface area contributed by atoms with Gasteiger partial charge in [-0.25, -0.2) is 13.8 Å². The van der Waals surface area contributed by atoms with E-state index in [1.54, 1.807) is 52.7 Å². The van der Waals surface area contributed by atoms with Crippen molar-refractivity contribution < 1.29 is 27.8 Å². The second-order valence-corrected chi connectivity index (χ2v) is 9.23. The minimum Gasteiger partial charge on any atom is -0.454 e. The smallest absolute Gasteiger partial charge is 0.271 e. The maximum atomic E-state index is 13.5. The number of carbonyl (C=O) groups is 2. The zero-order valence-corrected chi connectivity index (χ0v) is 20.3. The molecule has 0 unspecified atom stereocenters. The highest BCUT2D eigenvalue weighted by molar-refractivity contribution is 7.09. The van der Waals surface area contributed by atoms with Gasteiger partial charge in [0.25, 0.3) is 11.8 Å². The normalized spacial score (nSPS) is 11.8. The summed E-state index contributed by atoms with van der Waals surface area (Å²) < 4.78 is 37.2. The maximum absolute atomic E-state index is 13.5. The molecule has 3 aromatic carbocycles. The molecule has 1 aromatic heterocycles. The van der Waals surface area contributed by atoms with Crippen LogP contribution >= 0.6 is 11.3 Å². The summed E-state index contributed by atoms with van der Waals surface area (Å²) in [5.74, 6) is -0.313. The van der Waals surface area contributed by atoms with Gasteiger partial charge in [-0.05, 0) is 53.6 Å². The van der Waals surface area contributed by atoms with Gasteiger partial charge < -0.3 is 19.7 Å². The summed E-state index contributed by atoms with van der Waals surface area (Å²) in [5, 5.41) is 4.94. The van der Waals surface area contributed by atoms with Gasteiger partial charge in [0.2, 0.25) is 6.79 Å². The van der Waals surface area contributed by atoms with Gasteiger partial charge in [-0.2, -0.15) is 0 Å². The molecule has 10 heteroatoms. The number of nitrogens with zero attached hydrogens (tertiary/aromatic N) is 2. The third-order valence-electron chi connectivity index (χ3n) is 5.67. The van der Waals surface area contributed by atoms with Crippen LogP contribution in [0.2, 0.25) is 0 Å². The van der Waals surface area contributed by atoms with Gasteiger partial charge in [0.15, 0.2) is 11.5 Å². The number of amides is 2. The number of rotatable bonds is 8. The summed E-state index contributed by atoms with van der Waals surface area (Å²) in [4.78, 5) is 32.0. The highest BCUT2D eigenvalue weighted by Gasteiger charge is 2.22. The van der Waals surface area contributed by atoms with Crippen molar-refractivity contribution in [3.63, 3.8) is 0 Å². The SMILES string of the molecule is O=C(NCc1ccc(F)cc1)c1csc(CN(Cc2ccc(F)cc2)C(=O)c2ccc3c(c2)OCO3)n1. The van der Waals surface area contributed by atoms with Crippen LogP contribution < -0.4 is 14.8 Å². The van der Waals surface area contributed by atoms with Crippen molar-refractivity contribution in [2.45, 2.75) is 19.6 Å². The van der Waals surface area contributed by atoms with Crippen LogP contribution in [-0.4, -0.2) is 28.5 Å². The van der Waals surface area contributed by atoms with Crippen molar-refractivity contribution in [3.8, 4) is 11.5 Å². The Morgan fingerprint density at radius 2 is 1.57 bits per heavy atom. The Morgan fingerprint density at radius 1 is 0.892 bits per heavy atom. The van der Waals surface area contributed by atoms with Crippen LogP contribution in [0, 0.1) is 11.6 Å². The zero-order chi connectivity index (χ0) is 25.8. The minimum atomic E-state index is -0.376. The Bertz CT molecular complexity index is 1420. The predicted octanol–water partition coefficient (Wildman–Crippen LogP) is 4.92. The van der Waals surface area contributed by atoms with Crippen LogP contribution in [0.25, 0.3) is 0 Å². The van der Waals surface area contributed by atoms with Crippen LogP contribution in [0.5, 0.6) is 11.5 Å². The highest BCUT2D eigenvalue weighted by Crippen LogP contribution is 2.33. The molecule has 1 N–H and O–H groups in total. The Labute approximate surface area is 215 Å². The summed E-state index contributed by atoms with van der Waals surface area (Å²) in [6, 6.07) is 16.7. The Kier molecular flexibility index (Phi) is 7.09. The van der Waals surface area contributed by atoms with Crippen LogP contribution in [-0.2, 0) is 19.6 Å². The van der Waals surface area contributed by atoms with E-state index in [0.29, 0.717) is 22.1 Å². The van der Waals surface area contributed by atoms with E-state index < -0.39 is 0 Å². The number of benzene rings is 3. The topological polar surface area (TPSA) is 80.8 Å². The van der Waals surface area contributed by atoms with Crippen molar-refractivity contribution in [2.75, 3.05) is 6.79 Å². The van der Waals surface area contributed by atoms with Crippen LogP contribution in [0.1, 0.15) is 37.0 Å². The minimum absolute atomic E-state index is 0.0946. The number of carbonyl (C=O) groups excluding carboxylic acids is 2. The molecular formula is C27H21F2N3O4S. The van der Waals surface area contributed by atoms with E-state index in [4.69, 9.17) is 9.47 Å². The van der Waals surface area contributed by atoms with Gasteiger partial charge in [0, 0.05) is 24.0 Å². The van der Waals surface area contributed by atoms with E-state index >= 15 is 0 Å². The third kappa shape index (κ3) is 5.92. The fourth-order valence-corrected chi connectivity index (χ4v) is 4.54. The predicted molar refractivity (Wildman–Crippen MR) is 132 cm³/mol. The van der Waals surface area contributed by atoms with Crippen LogP contribution in [0.15, 0.2) is 72.1 Å². The lowest BCUT2D eigenvalue weighted by molar-refractivity contribution is 0.0729. The van der Waals surface area contributed by atoms with E-state index in [9.17, 15) is 18.4 Å². The number of hydrogen-bond acceptors (Lipinski definition) is 6. The summed E-state index contributed by atoms with van der Waals surface area (Å²) in [7, 11) is 0. The second kappa shape index (κ2) is 10.8. The molecule has 0 radical (unpaired) electrons. The molecule has 188 valence electrons. The van der Waals surface area contributed by atoms with Crippen molar-refractivity contribution in [1.29, 1.82) is 0 Å². The molecule has 2 heterocycles. The number of aromatic nitrogens is 1. The largest absolute Gasteiger partial charge is 0.454 e. The monoisotopic (exact) mass is 521 g/mol. The van der Waals surface area contributed by atoms with Gasteiger partial charge in [0.05, 0.1) is 6.54 Å². The second-order valence-electron chi connectivity index (χ2n) is 8.29. The van der Waals surface area contributed by atoms with Crippen molar-refractivity contribution in [3.05, 3.63) is 111 Å². The van der Waals surface area contributed by atoms with Gasteiger partial charge in [0.1, 0.15) is 22.3 Å². The number of thiazole rings is 1. The molecule has 37 heavy (non-hydrogen) atoms. The molecule has 7 nitrogen and oxygen atoms in total. The molecule has 4 aromatic rings. The molecule has 0 saturated carbocycles. The van der Waals surface area contributed by atoms with Gasteiger partial charge >= 0.3 is 0 Å². The maximum Gasteiger partial charge on any atom is 0.271 e.